The molecular weight excluding hydrogens is 586 g/mol. The summed E-state index contributed by atoms with van der Waals surface area (Å²) in [5.41, 5.74) is -2.85. The summed E-state index contributed by atoms with van der Waals surface area (Å²) in [6, 6.07) is 21.4. The van der Waals surface area contributed by atoms with Gasteiger partial charge in [0.25, 0.3) is 0 Å². The molecule has 5 rings (SSSR count). The molecule has 0 radical (unpaired) electrons. The van der Waals surface area contributed by atoms with Crippen LogP contribution in [0.25, 0.3) is 0 Å². The van der Waals surface area contributed by atoms with Crippen molar-refractivity contribution in [1.29, 1.82) is 0 Å². The number of halogens is 8. The average molecular weight is 602 g/mol. The predicted octanol–water partition coefficient (Wildman–Crippen LogP) is 9.65. The molecule has 0 bridgehead atoms. The molecule has 5 aromatic carbocycles. The number of rotatable bonds is 7. The SMILES string of the molecule is O=C(c1ccccc1)c1c(F)c(F)c(Sc2c(F)c(F)c(N(c3ccccc3)c3ccccc3)c(F)c2F)c(F)c1F. The van der Waals surface area contributed by atoms with Gasteiger partial charge in [0.1, 0.15) is 11.3 Å². The number of benzene rings is 5. The van der Waals surface area contributed by atoms with Crippen LogP contribution >= 0.6 is 11.8 Å². The molecule has 212 valence electrons. The van der Waals surface area contributed by atoms with E-state index in [0.717, 1.165) is 17.0 Å². The minimum atomic E-state index is -2.18. The zero-order valence-corrected chi connectivity index (χ0v) is 21.8. The molecule has 0 aliphatic heterocycles. The number of carbonyl (C=O) groups is 1. The van der Waals surface area contributed by atoms with E-state index in [4.69, 9.17) is 0 Å². The minimum absolute atomic E-state index is 0.112. The van der Waals surface area contributed by atoms with Crippen LogP contribution in [0.5, 0.6) is 0 Å². The van der Waals surface area contributed by atoms with E-state index in [1.807, 2.05) is 0 Å². The van der Waals surface area contributed by atoms with Crippen LogP contribution < -0.4 is 4.90 Å². The highest BCUT2D eigenvalue weighted by molar-refractivity contribution is 7.99. The maximum Gasteiger partial charge on any atom is 0.199 e. The molecule has 0 N–H and O–H groups in total. The molecule has 0 saturated carbocycles. The molecule has 5 aromatic rings. The van der Waals surface area contributed by atoms with E-state index >= 15 is 17.6 Å². The van der Waals surface area contributed by atoms with Crippen LogP contribution in [-0.4, -0.2) is 5.78 Å². The summed E-state index contributed by atoms with van der Waals surface area (Å²) in [6.45, 7) is 0. The topological polar surface area (TPSA) is 20.3 Å². The molecule has 0 aromatic heterocycles. The maximum absolute atomic E-state index is 15.5. The van der Waals surface area contributed by atoms with Gasteiger partial charge >= 0.3 is 0 Å². The largest absolute Gasteiger partial charge is 0.305 e. The van der Waals surface area contributed by atoms with Crippen molar-refractivity contribution in [3.8, 4) is 0 Å². The molecule has 2 nitrogen and oxygen atoms in total. The zero-order chi connectivity index (χ0) is 30.1. The van der Waals surface area contributed by atoms with E-state index in [-0.39, 0.29) is 16.9 Å². The fourth-order valence-electron chi connectivity index (χ4n) is 4.18. The Bertz CT molecular complexity index is 1700. The first-order chi connectivity index (χ1) is 20.1. The van der Waals surface area contributed by atoms with E-state index in [9.17, 15) is 22.4 Å². The third-order valence-corrected chi connectivity index (χ3v) is 7.27. The standard InChI is InChI=1S/C31H15F8NOS/c32-20-19(29(41)16-10-4-1-5-11-16)21(33)25(37)30(24(20)36)42-31-26(38)22(34)28(23(35)27(31)39)40(17-12-6-2-7-13-17)18-14-8-3-9-15-18/h1-15H. The molecule has 0 atom stereocenters. The second-order valence-electron chi connectivity index (χ2n) is 8.70. The maximum atomic E-state index is 15.5. The molecular formula is C31H15F8NOS. The molecule has 0 fully saturated rings. The summed E-state index contributed by atoms with van der Waals surface area (Å²) in [5, 5.41) is 0. The molecule has 0 saturated heterocycles. The summed E-state index contributed by atoms with van der Waals surface area (Å²) in [7, 11) is 0. The highest BCUT2D eigenvalue weighted by atomic mass is 32.2. The molecule has 0 aliphatic rings. The van der Waals surface area contributed by atoms with E-state index in [1.165, 1.54) is 66.7 Å². The molecule has 42 heavy (non-hydrogen) atoms. The number of hydrogen-bond acceptors (Lipinski definition) is 3. The Morgan fingerprint density at radius 3 is 1.24 bits per heavy atom. The number of ketones is 1. The Labute approximate surface area is 237 Å². The van der Waals surface area contributed by atoms with E-state index in [0.29, 0.717) is 0 Å². The first kappa shape index (κ1) is 28.9. The van der Waals surface area contributed by atoms with Crippen molar-refractivity contribution < 1.29 is 39.9 Å². The van der Waals surface area contributed by atoms with Crippen molar-refractivity contribution in [1.82, 2.24) is 0 Å². The predicted molar refractivity (Wildman–Crippen MR) is 141 cm³/mol. The number of anilines is 3. The van der Waals surface area contributed by atoms with Gasteiger partial charge in [0, 0.05) is 16.9 Å². The smallest absolute Gasteiger partial charge is 0.199 e. The van der Waals surface area contributed by atoms with Crippen molar-refractivity contribution in [3.63, 3.8) is 0 Å². The lowest BCUT2D eigenvalue weighted by Crippen LogP contribution is -2.16. The first-order valence-electron chi connectivity index (χ1n) is 12.0. The number of para-hydroxylation sites is 2. The molecule has 0 spiro atoms. The summed E-state index contributed by atoms with van der Waals surface area (Å²) >= 11 is -0.611. The van der Waals surface area contributed by atoms with Gasteiger partial charge in [-0.2, -0.15) is 0 Å². The van der Waals surface area contributed by atoms with E-state index in [1.54, 1.807) is 12.1 Å². The lowest BCUT2D eigenvalue weighted by atomic mass is 10.0. The molecule has 11 heteroatoms. The first-order valence-corrected chi connectivity index (χ1v) is 12.8. The summed E-state index contributed by atoms with van der Waals surface area (Å²) in [6.07, 6.45) is 0. The van der Waals surface area contributed by atoms with Gasteiger partial charge in [0.05, 0.1) is 9.79 Å². The van der Waals surface area contributed by atoms with Crippen molar-refractivity contribution in [2.45, 2.75) is 9.79 Å². The highest BCUT2D eigenvalue weighted by Gasteiger charge is 2.35. The Kier molecular flexibility index (Phi) is 8.04. The second kappa shape index (κ2) is 11.7. The summed E-state index contributed by atoms with van der Waals surface area (Å²) in [4.78, 5) is 10.2. The lowest BCUT2D eigenvalue weighted by Gasteiger charge is -2.27. The summed E-state index contributed by atoms with van der Waals surface area (Å²) in [5.74, 6) is -18.1. The van der Waals surface area contributed by atoms with Gasteiger partial charge in [0.15, 0.2) is 52.3 Å². The van der Waals surface area contributed by atoms with Crippen LogP contribution in [0, 0.1) is 46.5 Å². The number of hydrogen-bond donors (Lipinski definition) is 0. The number of nitrogens with zero attached hydrogens (tertiary/aromatic N) is 1. The average Bonchev–Trinajstić information content (AvgIpc) is 3.02. The van der Waals surface area contributed by atoms with Crippen molar-refractivity contribution in [2.75, 3.05) is 4.90 Å². The fourth-order valence-corrected chi connectivity index (χ4v) is 5.10. The minimum Gasteiger partial charge on any atom is -0.305 e. The Morgan fingerprint density at radius 1 is 0.476 bits per heavy atom. The van der Waals surface area contributed by atoms with Gasteiger partial charge in [-0.15, -0.1) is 0 Å². The van der Waals surface area contributed by atoms with Gasteiger partial charge in [-0.05, 0) is 24.3 Å². The van der Waals surface area contributed by atoms with Gasteiger partial charge in [0.2, 0.25) is 0 Å². The van der Waals surface area contributed by atoms with E-state index < -0.39 is 85.1 Å². The molecule has 0 unspecified atom stereocenters. The van der Waals surface area contributed by atoms with Gasteiger partial charge in [-0.25, -0.2) is 35.1 Å². The summed E-state index contributed by atoms with van der Waals surface area (Å²) < 4.78 is 122. The van der Waals surface area contributed by atoms with Gasteiger partial charge < -0.3 is 4.90 Å². The van der Waals surface area contributed by atoms with E-state index in [2.05, 4.69) is 0 Å². The fraction of sp³-hybridized carbons (Fsp3) is 0. The monoisotopic (exact) mass is 601 g/mol. The molecule has 0 heterocycles. The van der Waals surface area contributed by atoms with Gasteiger partial charge in [-0.3, -0.25) is 4.79 Å². The van der Waals surface area contributed by atoms with Crippen LogP contribution in [-0.2, 0) is 0 Å². The third kappa shape index (κ3) is 5.00. The van der Waals surface area contributed by atoms with Crippen LogP contribution in [0.2, 0.25) is 0 Å². The van der Waals surface area contributed by atoms with Crippen molar-refractivity contribution >= 4 is 34.6 Å². The van der Waals surface area contributed by atoms with Crippen LogP contribution in [0.3, 0.4) is 0 Å². The highest BCUT2D eigenvalue weighted by Crippen LogP contribution is 2.45. The van der Waals surface area contributed by atoms with Crippen LogP contribution in [0.15, 0.2) is 101 Å². The molecule has 0 aliphatic carbocycles. The van der Waals surface area contributed by atoms with Gasteiger partial charge in [-0.1, -0.05) is 78.5 Å². The van der Waals surface area contributed by atoms with Crippen molar-refractivity contribution in [2.24, 2.45) is 0 Å². The normalized spacial score (nSPS) is 11.0. The third-order valence-electron chi connectivity index (χ3n) is 6.14. The Morgan fingerprint density at radius 2 is 0.833 bits per heavy atom. The molecule has 0 amide bonds. The Balaban J connectivity index is 1.64. The van der Waals surface area contributed by atoms with Crippen molar-refractivity contribution in [3.05, 3.63) is 149 Å². The number of carbonyl (C=O) groups excluding carboxylic acids is 1. The van der Waals surface area contributed by atoms with Crippen LogP contribution in [0.1, 0.15) is 15.9 Å². The lowest BCUT2D eigenvalue weighted by molar-refractivity contribution is 0.102. The van der Waals surface area contributed by atoms with Crippen LogP contribution in [0.4, 0.5) is 52.2 Å². The second-order valence-corrected chi connectivity index (χ2v) is 9.72. The zero-order valence-electron chi connectivity index (χ0n) is 20.9. The Hall–Kier alpha value is -4.64. The quantitative estimate of drug-likeness (QED) is 0.105.